The largest absolute Gasteiger partial charge is 0.238 e. The molecule has 0 aliphatic heterocycles. The summed E-state index contributed by atoms with van der Waals surface area (Å²) in [7, 11) is -3.17. The molecule has 0 aliphatic carbocycles. The van der Waals surface area contributed by atoms with E-state index in [9.17, 15) is 8.42 Å². The maximum absolute atomic E-state index is 10.6. The minimum Gasteiger partial charge on any atom is -0.229 e. The third kappa shape index (κ3) is 2.38. The van der Waals surface area contributed by atoms with Crippen LogP contribution in [0.2, 0.25) is 0 Å². The molecular weight excluding hydrogens is 138 g/mol. The van der Waals surface area contributed by atoms with Crippen molar-refractivity contribution in [2.45, 2.75) is 6.92 Å². The summed E-state index contributed by atoms with van der Waals surface area (Å²) in [6.07, 6.45) is 5.95. The first-order valence-corrected chi connectivity index (χ1v) is 4.31. The first-order chi connectivity index (χ1) is 4.02. The van der Waals surface area contributed by atoms with E-state index in [0.717, 1.165) is 10.6 Å². The van der Waals surface area contributed by atoms with E-state index in [1.165, 1.54) is 0 Å². The number of hydrogen-bond donors (Lipinski definition) is 0. The number of hydrogen-bond acceptors (Lipinski definition) is 2. The second-order valence-corrected chi connectivity index (χ2v) is 3.46. The van der Waals surface area contributed by atoms with Gasteiger partial charge in [0.25, 0.3) is 0 Å². The normalized spacial score (nSPS) is 10.3. The van der Waals surface area contributed by atoms with Crippen molar-refractivity contribution in [2.75, 3.05) is 12.8 Å². The fourth-order valence-electron chi connectivity index (χ4n) is 0.422. The Morgan fingerprint density at radius 2 is 2.11 bits per heavy atom. The zero-order valence-electron chi connectivity index (χ0n) is 5.46. The quantitative estimate of drug-likeness (QED) is 0.402. The topological polar surface area (TPSA) is 37.4 Å². The minimum absolute atomic E-state index is 0.329. The van der Waals surface area contributed by atoms with Gasteiger partial charge < -0.3 is 0 Å². The van der Waals surface area contributed by atoms with E-state index >= 15 is 0 Å². The number of nitrogens with zero attached hydrogens (tertiary/aromatic N) is 1. The molecule has 0 unspecified atom stereocenters. The fourth-order valence-corrected chi connectivity index (χ4v) is 1.08. The Balaban J connectivity index is 4.38. The Kier molecular flexibility index (Phi) is 2.53. The van der Waals surface area contributed by atoms with Crippen molar-refractivity contribution in [3.05, 3.63) is 0 Å². The molecule has 0 atom stereocenters. The van der Waals surface area contributed by atoms with Gasteiger partial charge in [-0.2, -0.15) is 0 Å². The van der Waals surface area contributed by atoms with E-state index in [1.807, 2.05) is 6.04 Å². The van der Waals surface area contributed by atoms with Crippen molar-refractivity contribution in [3.8, 4) is 12.5 Å². The van der Waals surface area contributed by atoms with Gasteiger partial charge in [-0.25, -0.2) is 12.7 Å². The molecule has 0 fully saturated rings. The van der Waals surface area contributed by atoms with Gasteiger partial charge in [-0.3, -0.25) is 0 Å². The van der Waals surface area contributed by atoms with Gasteiger partial charge in [-0.15, -0.1) is 0 Å². The van der Waals surface area contributed by atoms with Crippen LogP contribution in [0.5, 0.6) is 0 Å². The zero-order valence-corrected chi connectivity index (χ0v) is 6.27. The lowest BCUT2D eigenvalue weighted by Crippen LogP contribution is -2.24. The molecule has 3 nitrogen and oxygen atoms in total. The Hall–Kier alpha value is -0.690. The molecule has 0 amide bonds. The van der Waals surface area contributed by atoms with Gasteiger partial charge in [0.05, 0.1) is 6.26 Å². The highest BCUT2D eigenvalue weighted by atomic mass is 32.2. The number of rotatable bonds is 2. The van der Waals surface area contributed by atoms with Gasteiger partial charge in [-0.1, -0.05) is 6.42 Å². The van der Waals surface area contributed by atoms with E-state index in [2.05, 4.69) is 0 Å². The molecule has 52 valence electrons. The van der Waals surface area contributed by atoms with E-state index < -0.39 is 10.0 Å². The molecule has 0 aromatic rings. The maximum Gasteiger partial charge on any atom is 0.238 e. The second kappa shape index (κ2) is 2.74. The van der Waals surface area contributed by atoms with Crippen molar-refractivity contribution >= 4 is 10.0 Å². The van der Waals surface area contributed by atoms with E-state index in [4.69, 9.17) is 6.42 Å². The van der Waals surface area contributed by atoms with Crippen molar-refractivity contribution in [1.82, 2.24) is 4.31 Å². The minimum atomic E-state index is -3.17. The number of terminal acetylenes is 1. The first-order valence-electron chi connectivity index (χ1n) is 2.46. The van der Waals surface area contributed by atoms with Gasteiger partial charge >= 0.3 is 0 Å². The van der Waals surface area contributed by atoms with Crippen LogP contribution in [0.4, 0.5) is 0 Å². The molecule has 0 aliphatic rings. The average Bonchev–Trinajstić information content (AvgIpc) is 1.65. The van der Waals surface area contributed by atoms with E-state index in [0.29, 0.717) is 6.54 Å². The van der Waals surface area contributed by atoms with E-state index in [-0.39, 0.29) is 0 Å². The average molecular weight is 147 g/mol. The van der Waals surface area contributed by atoms with Gasteiger partial charge in [0.1, 0.15) is 0 Å². The Morgan fingerprint density at radius 3 is 2.11 bits per heavy atom. The fraction of sp³-hybridized carbons (Fsp3) is 0.600. The summed E-state index contributed by atoms with van der Waals surface area (Å²) in [5.41, 5.74) is 0. The Bertz CT molecular complexity index is 212. The zero-order chi connectivity index (χ0) is 7.49. The molecule has 0 saturated carbocycles. The van der Waals surface area contributed by atoms with Crippen LogP contribution in [-0.2, 0) is 10.0 Å². The van der Waals surface area contributed by atoms with E-state index in [1.54, 1.807) is 6.92 Å². The van der Waals surface area contributed by atoms with Crippen molar-refractivity contribution in [1.29, 1.82) is 0 Å². The lowest BCUT2D eigenvalue weighted by atomic mass is 10.8. The number of sulfonamides is 1. The van der Waals surface area contributed by atoms with Crippen LogP contribution in [0, 0.1) is 12.5 Å². The molecule has 0 rings (SSSR count). The lowest BCUT2D eigenvalue weighted by Gasteiger charge is -2.09. The lowest BCUT2D eigenvalue weighted by molar-refractivity contribution is 0.530. The van der Waals surface area contributed by atoms with Gasteiger partial charge in [0, 0.05) is 12.6 Å². The molecular formula is C5H9NO2S. The predicted octanol–water partition coefficient (Wildman–Crippen LogP) is -0.141. The van der Waals surface area contributed by atoms with Crippen LogP contribution >= 0.6 is 0 Å². The summed E-state index contributed by atoms with van der Waals surface area (Å²) in [4.78, 5) is 0. The molecule has 0 aromatic heterocycles. The van der Waals surface area contributed by atoms with Crippen LogP contribution in [0.1, 0.15) is 6.92 Å². The SMILES string of the molecule is C#CN(CC)S(C)(=O)=O. The van der Waals surface area contributed by atoms with Crippen LogP contribution in [0.3, 0.4) is 0 Å². The molecule has 0 radical (unpaired) electrons. The van der Waals surface area contributed by atoms with Crippen molar-refractivity contribution in [2.24, 2.45) is 0 Å². The Morgan fingerprint density at radius 1 is 1.67 bits per heavy atom. The highest BCUT2D eigenvalue weighted by Gasteiger charge is 2.07. The summed E-state index contributed by atoms with van der Waals surface area (Å²) in [5, 5.41) is 0. The highest BCUT2D eigenvalue weighted by Crippen LogP contribution is 1.91. The van der Waals surface area contributed by atoms with Crippen LogP contribution in [0.15, 0.2) is 0 Å². The Labute approximate surface area is 55.7 Å². The molecule has 4 heteroatoms. The summed E-state index contributed by atoms with van der Waals surface area (Å²) in [6, 6.07) is 2.04. The maximum atomic E-state index is 10.6. The summed E-state index contributed by atoms with van der Waals surface area (Å²) >= 11 is 0. The smallest absolute Gasteiger partial charge is 0.229 e. The van der Waals surface area contributed by atoms with Crippen molar-refractivity contribution in [3.63, 3.8) is 0 Å². The predicted molar refractivity (Wildman–Crippen MR) is 36.1 cm³/mol. The van der Waals surface area contributed by atoms with Crippen LogP contribution < -0.4 is 0 Å². The third-order valence-corrected chi connectivity index (χ3v) is 2.00. The molecule has 0 saturated heterocycles. The second-order valence-electron chi connectivity index (χ2n) is 1.56. The molecule has 0 bridgehead atoms. The monoisotopic (exact) mass is 147 g/mol. The standard InChI is InChI=1S/C5H9NO2S/c1-4-6(5-2)9(3,7)8/h1H,5H2,2-3H3. The molecule has 0 spiro atoms. The molecule has 9 heavy (non-hydrogen) atoms. The summed E-state index contributed by atoms with van der Waals surface area (Å²) < 4.78 is 22.1. The van der Waals surface area contributed by atoms with Crippen molar-refractivity contribution < 1.29 is 8.42 Å². The van der Waals surface area contributed by atoms with Gasteiger partial charge in [-0.05, 0) is 6.92 Å². The third-order valence-electron chi connectivity index (χ3n) is 0.832. The van der Waals surface area contributed by atoms with Gasteiger partial charge in [0.15, 0.2) is 0 Å². The highest BCUT2D eigenvalue weighted by molar-refractivity contribution is 7.88. The summed E-state index contributed by atoms with van der Waals surface area (Å²) in [6.45, 7) is 2.01. The molecule has 0 aromatic carbocycles. The molecule has 0 heterocycles. The first kappa shape index (κ1) is 8.31. The van der Waals surface area contributed by atoms with Crippen LogP contribution in [0.25, 0.3) is 0 Å². The van der Waals surface area contributed by atoms with Crippen LogP contribution in [-0.4, -0.2) is 25.5 Å². The molecule has 0 N–H and O–H groups in total. The summed E-state index contributed by atoms with van der Waals surface area (Å²) in [5.74, 6) is 0. The van der Waals surface area contributed by atoms with Gasteiger partial charge in [0.2, 0.25) is 10.0 Å².